The minimum absolute atomic E-state index is 0.259. The van der Waals surface area contributed by atoms with E-state index in [1.54, 1.807) is 18.2 Å². The minimum atomic E-state index is -0.429. The van der Waals surface area contributed by atoms with Gasteiger partial charge in [-0.2, -0.15) is 15.5 Å². The quantitative estimate of drug-likeness (QED) is 0.551. The molecular formula is C20H13ClN6O. The van der Waals surface area contributed by atoms with Gasteiger partial charge in [0.1, 0.15) is 17.3 Å². The Labute approximate surface area is 165 Å². The molecule has 0 unspecified atom stereocenters. The monoisotopic (exact) mass is 388 g/mol. The number of benzene rings is 2. The lowest BCUT2D eigenvalue weighted by molar-refractivity contribution is 0.102. The highest BCUT2D eigenvalue weighted by molar-refractivity contribution is 6.30. The maximum absolute atomic E-state index is 12.7. The molecule has 0 radical (unpaired) electrons. The van der Waals surface area contributed by atoms with Crippen LogP contribution in [0.15, 0.2) is 66.9 Å². The van der Waals surface area contributed by atoms with E-state index < -0.39 is 5.91 Å². The van der Waals surface area contributed by atoms with Crippen LogP contribution in [0.2, 0.25) is 5.02 Å². The van der Waals surface area contributed by atoms with Crippen LogP contribution in [-0.2, 0) is 0 Å². The number of H-pyrrole nitrogens is 1. The van der Waals surface area contributed by atoms with E-state index in [-0.39, 0.29) is 11.3 Å². The van der Waals surface area contributed by atoms with Gasteiger partial charge in [0.2, 0.25) is 0 Å². The average molecular weight is 389 g/mol. The zero-order valence-electron chi connectivity index (χ0n) is 14.4. The molecule has 2 heterocycles. The van der Waals surface area contributed by atoms with Crippen molar-refractivity contribution >= 4 is 23.3 Å². The molecule has 4 rings (SSSR count). The maximum Gasteiger partial charge on any atom is 0.274 e. The van der Waals surface area contributed by atoms with Gasteiger partial charge >= 0.3 is 0 Å². The van der Waals surface area contributed by atoms with E-state index in [1.165, 1.54) is 10.9 Å². The van der Waals surface area contributed by atoms with Crippen LogP contribution < -0.4 is 5.32 Å². The summed E-state index contributed by atoms with van der Waals surface area (Å²) in [6.45, 7) is 0. The molecule has 0 fully saturated rings. The van der Waals surface area contributed by atoms with Crippen LogP contribution in [0.25, 0.3) is 16.9 Å². The Morgan fingerprint density at radius 2 is 1.89 bits per heavy atom. The zero-order chi connectivity index (χ0) is 19.5. The first kappa shape index (κ1) is 17.5. The Morgan fingerprint density at radius 1 is 1.14 bits per heavy atom. The van der Waals surface area contributed by atoms with Crippen molar-refractivity contribution in [2.75, 3.05) is 5.32 Å². The number of hydrogen-bond acceptors (Lipinski definition) is 4. The largest absolute Gasteiger partial charge is 0.304 e. The van der Waals surface area contributed by atoms with Gasteiger partial charge in [-0.05, 0) is 30.3 Å². The third kappa shape index (κ3) is 3.37. The summed E-state index contributed by atoms with van der Waals surface area (Å²) in [7, 11) is 0. The van der Waals surface area contributed by atoms with Gasteiger partial charge in [0.15, 0.2) is 5.82 Å². The molecule has 0 aliphatic rings. The lowest BCUT2D eigenvalue weighted by Gasteiger charge is -2.08. The number of nitriles is 1. The second-order valence-corrected chi connectivity index (χ2v) is 6.33. The molecule has 7 nitrogen and oxygen atoms in total. The SMILES string of the molecule is N#Cc1cnn(-c2ccccc2)c1NC(=O)c1cc(-c2ccc(Cl)cc2)n[nH]1. The van der Waals surface area contributed by atoms with E-state index in [0.29, 0.717) is 16.5 Å². The topological polar surface area (TPSA) is 99.4 Å². The van der Waals surface area contributed by atoms with Crippen LogP contribution in [0.1, 0.15) is 16.1 Å². The number of nitrogens with one attached hydrogen (secondary N) is 2. The van der Waals surface area contributed by atoms with Gasteiger partial charge in [0.25, 0.3) is 5.91 Å². The number of carbonyl (C=O) groups is 1. The van der Waals surface area contributed by atoms with Gasteiger partial charge in [-0.15, -0.1) is 0 Å². The molecule has 4 aromatic rings. The molecule has 0 bridgehead atoms. The van der Waals surface area contributed by atoms with Crippen LogP contribution in [0.3, 0.4) is 0 Å². The molecule has 28 heavy (non-hydrogen) atoms. The summed E-state index contributed by atoms with van der Waals surface area (Å²) in [6.07, 6.45) is 1.41. The van der Waals surface area contributed by atoms with E-state index >= 15 is 0 Å². The number of aromatic amines is 1. The number of para-hydroxylation sites is 1. The van der Waals surface area contributed by atoms with Crippen LogP contribution in [0.4, 0.5) is 5.82 Å². The summed E-state index contributed by atoms with van der Waals surface area (Å²) in [6, 6.07) is 20.1. The number of amides is 1. The molecule has 0 saturated carbocycles. The third-order valence-corrected chi connectivity index (χ3v) is 4.34. The van der Waals surface area contributed by atoms with Crippen molar-refractivity contribution in [1.82, 2.24) is 20.0 Å². The van der Waals surface area contributed by atoms with Gasteiger partial charge in [-0.25, -0.2) is 4.68 Å². The number of anilines is 1. The van der Waals surface area contributed by atoms with Crippen LogP contribution in [0.5, 0.6) is 0 Å². The molecule has 0 saturated heterocycles. The Hall–Kier alpha value is -3.89. The van der Waals surface area contributed by atoms with E-state index in [4.69, 9.17) is 11.6 Å². The first-order chi connectivity index (χ1) is 13.7. The highest BCUT2D eigenvalue weighted by atomic mass is 35.5. The molecular weight excluding hydrogens is 376 g/mol. The van der Waals surface area contributed by atoms with Crippen LogP contribution in [-0.4, -0.2) is 25.9 Å². The minimum Gasteiger partial charge on any atom is -0.304 e. The smallest absolute Gasteiger partial charge is 0.274 e. The zero-order valence-corrected chi connectivity index (χ0v) is 15.2. The van der Waals surface area contributed by atoms with Crippen molar-refractivity contribution in [2.45, 2.75) is 0 Å². The highest BCUT2D eigenvalue weighted by Gasteiger charge is 2.18. The van der Waals surface area contributed by atoms with Crippen molar-refractivity contribution in [3.8, 4) is 23.0 Å². The molecule has 8 heteroatoms. The molecule has 2 N–H and O–H groups in total. The summed E-state index contributed by atoms with van der Waals surface area (Å²) < 4.78 is 1.51. The van der Waals surface area contributed by atoms with Gasteiger partial charge in [0, 0.05) is 10.6 Å². The molecule has 0 aliphatic carbocycles. The average Bonchev–Trinajstić information content (AvgIpc) is 3.36. The van der Waals surface area contributed by atoms with Crippen molar-refractivity contribution < 1.29 is 4.79 Å². The van der Waals surface area contributed by atoms with E-state index in [0.717, 1.165) is 11.3 Å². The summed E-state index contributed by atoms with van der Waals surface area (Å²) in [5, 5.41) is 23.8. The first-order valence-electron chi connectivity index (χ1n) is 8.32. The molecule has 2 aromatic heterocycles. The third-order valence-electron chi connectivity index (χ3n) is 4.08. The van der Waals surface area contributed by atoms with Gasteiger partial charge in [0.05, 0.1) is 17.6 Å². The van der Waals surface area contributed by atoms with Crippen LogP contribution in [0, 0.1) is 11.3 Å². The standard InChI is InChI=1S/C20H13ClN6O/c21-15-8-6-13(7-9-15)17-10-18(26-25-17)20(28)24-19-14(11-22)12-23-27(19)16-4-2-1-3-5-16/h1-10,12H,(H,24,28)(H,25,26). The molecule has 136 valence electrons. The maximum atomic E-state index is 12.7. The van der Waals surface area contributed by atoms with Gasteiger partial charge < -0.3 is 5.32 Å². The lowest BCUT2D eigenvalue weighted by Crippen LogP contribution is -2.16. The predicted molar refractivity (Wildman–Crippen MR) is 105 cm³/mol. The molecule has 0 atom stereocenters. The Morgan fingerprint density at radius 3 is 2.61 bits per heavy atom. The lowest BCUT2D eigenvalue weighted by atomic mass is 10.1. The van der Waals surface area contributed by atoms with Crippen molar-refractivity contribution in [1.29, 1.82) is 5.26 Å². The molecule has 1 amide bonds. The second-order valence-electron chi connectivity index (χ2n) is 5.89. The number of carbonyl (C=O) groups excluding carboxylic acids is 1. The normalized spacial score (nSPS) is 10.4. The second kappa shape index (κ2) is 7.39. The van der Waals surface area contributed by atoms with Gasteiger partial charge in [-0.3, -0.25) is 9.89 Å². The van der Waals surface area contributed by atoms with Crippen molar-refractivity contribution in [2.24, 2.45) is 0 Å². The van der Waals surface area contributed by atoms with E-state index in [1.807, 2.05) is 48.5 Å². The van der Waals surface area contributed by atoms with E-state index in [2.05, 4.69) is 20.6 Å². The fraction of sp³-hybridized carbons (Fsp3) is 0. The van der Waals surface area contributed by atoms with E-state index in [9.17, 15) is 10.1 Å². The Balaban J connectivity index is 1.62. The molecule has 2 aromatic carbocycles. The fourth-order valence-electron chi connectivity index (χ4n) is 2.70. The summed E-state index contributed by atoms with van der Waals surface area (Å²) in [4.78, 5) is 12.7. The number of aromatic nitrogens is 4. The van der Waals surface area contributed by atoms with Crippen LogP contribution >= 0.6 is 11.6 Å². The summed E-state index contributed by atoms with van der Waals surface area (Å²) in [5.41, 5.74) is 2.68. The fourth-order valence-corrected chi connectivity index (χ4v) is 2.82. The predicted octanol–water partition coefficient (Wildman–Crippen LogP) is 4.04. The summed E-state index contributed by atoms with van der Waals surface area (Å²) in [5.74, 6) is -0.136. The van der Waals surface area contributed by atoms with Crippen molar-refractivity contribution in [3.63, 3.8) is 0 Å². The number of hydrogen-bond donors (Lipinski definition) is 2. The Kier molecular flexibility index (Phi) is 4.62. The first-order valence-corrected chi connectivity index (χ1v) is 8.70. The highest BCUT2D eigenvalue weighted by Crippen LogP contribution is 2.22. The van der Waals surface area contributed by atoms with Gasteiger partial charge in [-0.1, -0.05) is 41.9 Å². The molecule has 0 aliphatic heterocycles. The summed E-state index contributed by atoms with van der Waals surface area (Å²) >= 11 is 5.90. The molecule has 0 spiro atoms. The Bertz CT molecular complexity index is 1170. The number of halogens is 1. The number of nitrogens with zero attached hydrogens (tertiary/aromatic N) is 4. The number of rotatable bonds is 4. The van der Waals surface area contributed by atoms with Crippen molar-refractivity contribution in [3.05, 3.63) is 83.1 Å².